The second kappa shape index (κ2) is 12.4. The van der Waals surface area contributed by atoms with E-state index < -0.39 is 0 Å². The van der Waals surface area contributed by atoms with Crippen molar-refractivity contribution in [1.82, 2.24) is 10.6 Å². The number of rotatable bonds is 7. The number of hydrogen-bond donors (Lipinski definition) is 2. The van der Waals surface area contributed by atoms with Gasteiger partial charge in [-0.25, -0.2) is 0 Å². The van der Waals surface area contributed by atoms with Crippen LogP contribution in [0.2, 0.25) is 0 Å². The lowest BCUT2D eigenvalue weighted by Crippen LogP contribution is -2.57. The van der Waals surface area contributed by atoms with E-state index in [1.54, 1.807) is 22.3 Å². The summed E-state index contributed by atoms with van der Waals surface area (Å²) in [6.45, 7) is 19.7. The normalized spacial score (nSPS) is 40.3. The first-order chi connectivity index (χ1) is 21.7. The minimum absolute atomic E-state index is 0.169. The molecule has 254 valence electrons. The highest BCUT2D eigenvalue weighted by atomic mass is 16.2. The summed E-state index contributed by atoms with van der Waals surface area (Å²) in [5.74, 6) is 3.46. The third kappa shape index (κ3) is 5.50. The van der Waals surface area contributed by atoms with Crippen molar-refractivity contribution >= 4 is 11.8 Å². The van der Waals surface area contributed by atoms with Crippen molar-refractivity contribution in [2.45, 2.75) is 132 Å². The van der Waals surface area contributed by atoms with E-state index in [-0.39, 0.29) is 33.5 Å². The van der Waals surface area contributed by atoms with Gasteiger partial charge in [-0.3, -0.25) is 9.59 Å². The number of carbonyl (C=O) groups is 2. The first-order valence-corrected chi connectivity index (χ1v) is 19.1. The molecule has 0 bridgehead atoms. The SMILES string of the molecule is CC(C)C1=CC2=CC[C@H]3[C@@](C)(CCC[C@@]3(C)C(=O)NCCNC(=O)[C@]3(C)CCC[C@]4(C)[C@@H]5CCC(C(C)C)=CC5=CC[C@@H]43)[C@@H]2CC1. The van der Waals surface area contributed by atoms with E-state index in [9.17, 15) is 9.59 Å². The summed E-state index contributed by atoms with van der Waals surface area (Å²) in [5, 5.41) is 6.64. The van der Waals surface area contributed by atoms with E-state index in [0.717, 1.165) is 38.5 Å². The maximum atomic E-state index is 14.0. The summed E-state index contributed by atoms with van der Waals surface area (Å²) in [5.41, 5.74) is 5.86. The van der Waals surface area contributed by atoms with Crippen molar-refractivity contribution in [2.75, 3.05) is 13.1 Å². The van der Waals surface area contributed by atoms with Crippen molar-refractivity contribution in [1.29, 1.82) is 0 Å². The maximum Gasteiger partial charge on any atom is 0.226 e. The highest BCUT2D eigenvalue weighted by molar-refractivity contribution is 5.84. The predicted octanol–water partition coefficient (Wildman–Crippen LogP) is 9.49. The zero-order valence-corrected chi connectivity index (χ0v) is 30.5. The molecule has 0 spiro atoms. The Kier molecular flexibility index (Phi) is 9.12. The Labute approximate surface area is 280 Å². The Morgan fingerprint density at radius 3 is 1.43 bits per heavy atom. The molecule has 8 atom stereocenters. The molecule has 0 aromatic rings. The minimum atomic E-state index is -0.367. The Morgan fingerprint density at radius 1 is 0.674 bits per heavy atom. The standard InChI is InChI=1S/C42H64N2O2/c1-27(2)29-11-15-33-31(25-29)13-17-35-39(33,5)19-9-21-41(35,7)37(45)43-23-24-44-38(46)42(8)22-10-20-40(6)34-16-12-30(28(3)4)26-32(34)14-18-36(40)42/h13-14,25-28,33-36H,9-12,15-24H2,1-8H3,(H,43,45)(H,44,46)/t33-,34-,35+,36+,39-,40+,41-,42-/m1/s1. The van der Waals surface area contributed by atoms with E-state index in [2.05, 4.69) is 90.3 Å². The highest BCUT2D eigenvalue weighted by Gasteiger charge is 2.58. The lowest BCUT2D eigenvalue weighted by atomic mass is 9.46. The molecule has 0 saturated heterocycles. The van der Waals surface area contributed by atoms with Crippen LogP contribution in [0.15, 0.2) is 46.6 Å². The topological polar surface area (TPSA) is 58.2 Å². The van der Waals surface area contributed by atoms with Gasteiger partial charge >= 0.3 is 0 Å². The molecule has 2 saturated carbocycles. The zero-order chi connectivity index (χ0) is 33.1. The molecule has 4 heteroatoms. The van der Waals surface area contributed by atoms with Crippen molar-refractivity contribution in [2.24, 2.45) is 57.2 Å². The maximum absolute atomic E-state index is 14.0. The molecule has 6 rings (SSSR count). The summed E-state index contributed by atoms with van der Waals surface area (Å²) in [6, 6.07) is 0. The van der Waals surface area contributed by atoms with Crippen LogP contribution < -0.4 is 10.6 Å². The van der Waals surface area contributed by atoms with Crippen molar-refractivity contribution < 1.29 is 9.59 Å². The number of hydrogen-bond acceptors (Lipinski definition) is 2. The van der Waals surface area contributed by atoms with Crippen molar-refractivity contribution in [3.8, 4) is 0 Å². The van der Waals surface area contributed by atoms with Crippen LogP contribution in [0.5, 0.6) is 0 Å². The molecular weight excluding hydrogens is 564 g/mol. The minimum Gasteiger partial charge on any atom is -0.354 e. The van der Waals surface area contributed by atoms with Gasteiger partial charge in [-0.2, -0.15) is 0 Å². The lowest BCUT2D eigenvalue weighted by Gasteiger charge is -2.58. The number of nitrogens with one attached hydrogen (secondary N) is 2. The van der Waals surface area contributed by atoms with Gasteiger partial charge in [0.15, 0.2) is 0 Å². The van der Waals surface area contributed by atoms with E-state index in [4.69, 9.17) is 0 Å². The molecule has 2 amide bonds. The van der Waals surface area contributed by atoms with E-state index in [0.29, 0.717) is 48.6 Å². The Bertz CT molecular complexity index is 1250. The summed E-state index contributed by atoms with van der Waals surface area (Å²) >= 11 is 0. The fourth-order valence-corrected chi connectivity index (χ4v) is 12.0. The monoisotopic (exact) mass is 628 g/mol. The molecule has 46 heavy (non-hydrogen) atoms. The number of amides is 2. The molecule has 0 aromatic heterocycles. The van der Waals surface area contributed by atoms with Gasteiger partial charge in [-0.05, 0) is 122 Å². The second-order valence-corrected chi connectivity index (χ2v) is 18.0. The highest BCUT2D eigenvalue weighted by Crippen LogP contribution is 2.63. The van der Waals surface area contributed by atoms with Gasteiger partial charge in [-0.15, -0.1) is 0 Å². The molecule has 6 aliphatic carbocycles. The van der Waals surface area contributed by atoms with Gasteiger partial charge < -0.3 is 10.6 Å². The average Bonchev–Trinajstić information content (AvgIpc) is 3.02. The van der Waals surface area contributed by atoms with Crippen LogP contribution in [-0.2, 0) is 9.59 Å². The van der Waals surface area contributed by atoms with Gasteiger partial charge in [0.05, 0.1) is 10.8 Å². The Morgan fingerprint density at radius 2 is 1.07 bits per heavy atom. The third-order valence-corrected chi connectivity index (χ3v) is 14.9. The largest absolute Gasteiger partial charge is 0.354 e. The van der Waals surface area contributed by atoms with E-state index in [1.807, 2.05) is 0 Å². The van der Waals surface area contributed by atoms with Crippen LogP contribution in [0.1, 0.15) is 132 Å². The van der Waals surface area contributed by atoms with Crippen LogP contribution >= 0.6 is 0 Å². The molecule has 0 aliphatic heterocycles. The van der Waals surface area contributed by atoms with Gasteiger partial charge in [-0.1, -0.05) is 104 Å². The molecule has 0 radical (unpaired) electrons. The Hall–Kier alpha value is -2.10. The summed E-state index contributed by atoms with van der Waals surface area (Å²) in [7, 11) is 0. The fourth-order valence-electron chi connectivity index (χ4n) is 12.0. The van der Waals surface area contributed by atoms with Gasteiger partial charge in [0.1, 0.15) is 0 Å². The van der Waals surface area contributed by atoms with Crippen LogP contribution in [0.25, 0.3) is 0 Å². The van der Waals surface area contributed by atoms with E-state index >= 15 is 0 Å². The van der Waals surface area contributed by atoms with Crippen LogP contribution in [0.3, 0.4) is 0 Å². The number of carbonyl (C=O) groups excluding carboxylic acids is 2. The Balaban J connectivity index is 1.08. The first-order valence-electron chi connectivity index (χ1n) is 19.1. The summed E-state index contributed by atoms with van der Waals surface area (Å²) in [6.07, 6.45) is 23.3. The van der Waals surface area contributed by atoms with Gasteiger partial charge in [0, 0.05) is 13.1 Å². The molecule has 6 aliphatic rings. The van der Waals surface area contributed by atoms with Crippen LogP contribution in [0, 0.1) is 57.2 Å². The first kappa shape index (κ1) is 33.8. The smallest absolute Gasteiger partial charge is 0.226 e. The zero-order valence-electron chi connectivity index (χ0n) is 30.5. The molecular formula is C42H64N2O2. The molecule has 2 N–H and O–H groups in total. The van der Waals surface area contributed by atoms with Crippen molar-refractivity contribution in [3.05, 3.63) is 46.6 Å². The van der Waals surface area contributed by atoms with Crippen molar-refractivity contribution in [3.63, 3.8) is 0 Å². The second-order valence-electron chi connectivity index (χ2n) is 18.0. The molecule has 0 unspecified atom stereocenters. The lowest BCUT2D eigenvalue weighted by molar-refractivity contribution is -0.145. The molecule has 0 heterocycles. The number of allylic oxidation sites excluding steroid dienone is 8. The summed E-state index contributed by atoms with van der Waals surface area (Å²) in [4.78, 5) is 28.0. The van der Waals surface area contributed by atoms with Crippen LogP contribution in [-0.4, -0.2) is 24.9 Å². The van der Waals surface area contributed by atoms with Crippen LogP contribution in [0.4, 0.5) is 0 Å². The number of fused-ring (bicyclic) bond motifs is 6. The third-order valence-electron chi connectivity index (χ3n) is 14.9. The van der Waals surface area contributed by atoms with E-state index in [1.165, 1.54) is 38.5 Å². The van der Waals surface area contributed by atoms with Gasteiger partial charge in [0.2, 0.25) is 11.8 Å². The predicted molar refractivity (Wildman–Crippen MR) is 190 cm³/mol. The molecule has 4 nitrogen and oxygen atoms in total. The van der Waals surface area contributed by atoms with Gasteiger partial charge in [0.25, 0.3) is 0 Å². The average molecular weight is 629 g/mol. The fraction of sp³-hybridized carbons (Fsp3) is 0.762. The summed E-state index contributed by atoms with van der Waals surface area (Å²) < 4.78 is 0. The molecule has 0 aromatic carbocycles. The molecule has 2 fully saturated rings. The quantitative estimate of drug-likeness (QED) is 0.276.